The summed E-state index contributed by atoms with van der Waals surface area (Å²) >= 11 is 0. The van der Waals surface area contributed by atoms with Gasteiger partial charge in [0.1, 0.15) is 24.1 Å². The Bertz CT molecular complexity index is 966. The molecule has 0 bridgehead atoms. The highest BCUT2D eigenvalue weighted by atomic mass is 16.3. The molecule has 192 valence electrons. The Labute approximate surface area is 208 Å². The summed E-state index contributed by atoms with van der Waals surface area (Å²) in [7, 11) is 0. The van der Waals surface area contributed by atoms with Crippen molar-refractivity contribution in [3.8, 4) is 0 Å². The molecule has 10 heteroatoms. The summed E-state index contributed by atoms with van der Waals surface area (Å²) in [5.41, 5.74) is 1.66. The molecule has 10 nitrogen and oxygen atoms in total. The largest absolute Gasteiger partial charge is 0.390 e. The molecular weight excluding hydrogens is 444 g/mol. The van der Waals surface area contributed by atoms with Gasteiger partial charge in [-0.2, -0.15) is 15.0 Å². The fourth-order valence-electron chi connectivity index (χ4n) is 5.64. The summed E-state index contributed by atoms with van der Waals surface area (Å²) in [6.45, 7) is 6.81. The third kappa shape index (κ3) is 5.44. The zero-order valence-electron chi connectivity index (χ0n) is 21.0. The molecule has 3 aliphatic heterocycles. The van der Waals surface area contributed by atoms with Crippen molar-refractivity contribution >= 4 is 34.6 Å². The molecule has 2 aromatic rings. The maximum atomic E-state index is 9.69. The Morgan fingerprint density at radius 2 is 1.00 bits per heavy atom. The normalized spacial score (nSPS) is 19.7. The van der Waals surface area contributed by atoms with Gasteiger partial charge >= 0.3 is 5.95 Å². The van der Waals surface area contributed by atoms with Gasteiger partial charge in [0.2, 0.25) is 5.95 Å². The molecular formula is C25H41N8O2+. The zero-order valence-corrected chi connectivity index (χ0v) is 21.0. The number of aromatic nitrogens is 4. The smallest absolute Gasteiger partial charge is 0.330 e. The second-order valence-corrected chi connectivity index (χ2v) is 10.1. The van der Waals surface area contributed by atoms with Gasteiger partial charge < -0.3 is 24.9 Å². The summed E-state index contributed by atoms with van der Waals surface area (Å²) in [4.78, 5) is 28.4. The molecule has 0 saturated carbocycles. The number of aliphatic hydroxyl groups excluding tert-OH is 2. The average Bonchev–Trinajstić information content (AvgIpc) is 2.93. The van der Waals surface area contributed by atoms with E-state index in [9.17, 15) is 10.2 Å². The van der Waals surface area contributed by atoms with Crippen molar-refractivity contribution in [3.63, 3.8) is 0 Å². The number of nitrogens with one attached hydrogen (secondary N) is 1. The number of quaternary nitrogens is 1. The molecule has 0 spiro atoms. The topological polar surface area (TPSA) is 106 Å². The maximum absolute atomic E-state index is 9.69. The van der Waals surface area contributed by atoms with E-state index in [2.05, 4.69) is 14.7 Å². The molecule has 5 heterocycles. The lowest BCUT2D eigenvalue weighted by Gasteiger charge is -2.33. The molecule has 35 heavy (non-hydrogen) atoms. The van der Waals surface area contributed by atoms with Crippen LogP contribution in [0.5, 0.6) is 0 Å². The Hall–Kier alpha value is -2.30. The first-order chi connectivity index (χ1) is 17.3. The Morgan fingerprint density at radius 3 is 1.51 bits per heavy atom. The quantitative estimate of drug-likeness (QED) is 0.503. The molecule has 0 aliphatic carbocycles. The molecule has 3 aliphatic rings. The first-order valence-electron chi connectivity index (χ1n) is 13.7. The van der Waals surface area contributed by atoms with Crippen LogP contribution in [-0.2, 0) is 0 Å². The molecule has 2 aromatic heterocycles. The molecule has 0 unspecified atom stereocenters. The minimum atomic E-state index is 0.0131. The Morgan fingerprint density at radius 1 is 0.543 bits per heavy atom. The highest BCUT2D eigenvalue weighted by molar-refractivity contribution is 5.94. The van der Waals surface area contributed by atoms with Crippen LogP contribution in [0.15, 0.2) is 0 Å². The predicted molar refractivity (Wildman–Crippen MR) is 138 cm³/mol. The number of fused-ring (bicyclic) bond motifs is 1. The number of nitrogens with zero attached hydrogens (tertiary/aromatic N) is 7. The third-order valence-corrected chi connectivity index (χ3v) is 7.59. The number of aliphatic hydroxyl groups is 2. The van der Waals surface area contributed by atoms with E-state index in [4.69, 9.17) is 19.9 Å². The third-order valence-electron chi connectivity index (χ3n) is 7.59. The molecule has 5 rings (SSSR count). The van der Waals surface area contributed by atoms with Crippen LogP contribution in [0.4, 0.5) is 23.5 Å². The molecule has 3 fully saturated rings. The molecule has 3 N–H and O–H groups in total. The van der Waals surface area contributed by atoms with Gasteiger partial charge in [0.05, 0.1) is 13.2 Å². The van der Waals surface area contributed by atoms with Crippen molar-refractivity contribution in [1.82, 2.24) is 19.9 Å². The van der Waals surface area contributed by atoms with Crippen LogP contribution in [0.1, 0.15) is 57.8 Å². The van der Waals surface area contributed by atoms with E-state index in [0.717, 1.165) is 98.5 Å². The van der Waals surface area contributed by atoms with Gasteiger partial charge in [-0.15, -0.1) is 0 Å². The lowest BCUT2D eigenvalue weighted by atomic mass is 10.1. The summed E-state index contributed by atoms with van der Waals surface area (Å²) in [5, 5.41) is 19.4. The van der Waals surface area contributed by atoms with Gasteiger partial charge in [0.15, 0.2) is 11.6 Å². The van der Waals surface area contributed by atoms with E-state index in [1.165, 1.54) is 32.1 Å². The van der Waals surface area contributed by atoms with Crippen molar-refractivity contribution < 1.29 is 15.1 Å². The molecule has 0 radical (unpaired) electrons. The van der Waals surface area contributed by atoms with E-state index in [0.29, 0.717) is 19.0 Å². The van der Waals surface area contributed by atoms with Gasteiger partial charge in [0, 0.05) is 39.3 Å². The second-order valence-electron chi connectivity index (χ2n) is 10.1. The van der Waals surface area contributed by atoms with Crippen LogP contribution < -0.4 is 19.6 Å². The lowest BCUT2D eigenvalue weighted by molar-refractivity contribution is -0.838. The summed E-state index contributed by atoms with van der Waals surface area (Å²) in [5.74, 6) is 3.23. The number of hydrogen-bond donors (Lipinski definition) is 3. The highest BCUT2D eigenvalue weighted by Crippen LogP contribution is 2.34. The van der Waals surface area contributed by atoms with E-state index >= 15 is 0 Å². The van der Waals surface area contributed by atoms with E-state index in [1.807, 2.05) is 0 Å². The summed E-state index contributed by atoms with van der Waals surface area (Å²) in [6.07, 6.45) is 10.7. The number of anilines is 3. The highest BCUT2D eigenvalue weighted by Gasteiger charge is 2.28. The monoisotopic (exact) mass is 485 g/mol. The summed E-state index contributed by atoms with van der Waals surface area (Å²) in [6, 6.07) is 0. The molecule has 0 atom stereocenters. The average molecular weight is 486 g/mol. The van der Waals surface area contributed by atoms with Crippen LogP contribution in [0.25, 0.3) is 11.0 Å². The van der Waals surface area contributed by atoms with Crippen molar-refractivity contribution in [3.05, 3.63) is 0 Å². The SMILES string of the molecule is OCC[NH+](CCO)c1nc(N2CCCCC2)c2nc(N3CCCCC3)nc(N3CCCCC3)c2n1. The van der Waals surface area contributed by atoms with Crippen molar-refractivity contribution in [2.45, 2.75) is 57.8 Å². The van der Waals surface area contributed by atoms with E-state index < -0.39 is 0 Å². The van der Waals surface area contributed by atoms with Gasteiger partial charge in [-0.3, -0.25) is 4.90 Å². The Balaban J connectivity index is 1.69. The van der Waals surface area contributed by atoms with Gasteiger partial charge in [0.25, 0.3) is 0 Å². The molecule has 0 aromatic carbocycles. The fraction of sp³-hybridized carbons (Fsp3) is 0.760. The fourth-order valence-corrected chi connectivity index (χ4v) is 5.64. The van der Waals surface area contributed by atoms with E-state index in [1.54, 1.807) is 0 Å². The first kappa shape index (κ1) is 24.4. The second kappa shape index (κ2) is 11.6. The minimum absolute atomic E-state index is 0.0131. The maximum Gasteiger partial charge on any atom is 0.330 e. The van der Waals surface area contributed by atoms with Crippen molar-refractivity contribution in [2.75, 3.05) is 80.3 Å². The zero-order chi connectivity index (χ0) is 24.0. The Kier molecular flexibility index (Phi) is 8.10. The van der Waals surface area contributed by atoms with Gasteiger partial charge in [-0.05, 0) is 57.8 Å². The number of hydrogen-bond acceptors (Lipinski definition) is 9. The first-order valence-corrected chi connectivity index (χ1v) is 13.7. The van der Waals surface area contributed by atoms with Crippen LogP contribution in [0.2, 0.25) is 0 Å². The lowest BCUT2D eigenvalue weighted by Crippen LogP contribution is -3.09. The van der Waals surface area contributed by atoms with Crippen LogP contribution in [0, 0.1) is 0 Å². The van der Waals surface area contributed by atoms with Crippen LogP contribution >= 0.6 is 0 Å². The molecule has 3 saturated heterocycles. The van der Waals surface area contributed by atoms with Gasteiger partial charge in [-0.1, -0.05) is 0 Å². The van der Waals surface area contributed by atoms with Crippen molar-refractivity contribution in [2.24, 2.45) is 0 Å². The molecule has 0 amide bonds. The summed E-state index contributed by atoms with van der Waals surface area (Å²) < 4.78 is 0. The number of rotatable bonds is 8. The van der Waals surface area contributed by atoms with Crippen molar-refractivity contribution in [1.29, 1.82) is 0 Å². The van der Waals surface area contributed by atoms with Crippen LogP contribution in [0.3, 0.4) is 0 Å². The van der Waals surface area contributed by atoms with Crippen LogP contribution in [-0.4, -0.2) is 95.7 Å². The minimum Gasteiger partial charge on any atom is -0.390 e. The standard InChI is InChI=1S/C25H40N8O2/c34-18-16-33(17-19-35)25-27-21-20(23(29-25)31-12-6-2-7-13-31)26-24(32-14-8-3-9-15-32)28-22(21)30-10-4-1-5-11-30/h34-35H,1-19H2/p+1. The number of piperidine rings is 3. The predicted octanol–water partition coefficient (Wildman–Crippen LogP) is 0.892. The van der Waals surface area contributed by atoms with E-state index in [-0.39, 0.29) is 13.2 Å². The van der Waals surface area contributed by atoms with Gasteiger partial charge in [-0.25, -0.2) is 4.98 Å².